The van der Waals surface area contributed by atoms with E-state index in [0.29, 0.717) is 18.8 Å². The van der Waals surface area contributed by atoms with Crippen LogP contribution in [0.2, 0.25) is 0 Å². The molecule has 0 saturated carbocycles. The van der Waals surface area contributed by atoms with Crippen LogP contribution in [0.4, 0.5) is 0 Å². The summed E-state index contributed by atoms with van der Waals surface area (Å²) in [6.45, 7) is 2.50. The van der Waals surface area contributed by atoms with Gasteiger partial charge < -0.3 is 4.98 Å². The maximum absolute atomic E-state index is 12.8. The molecule has 1 unspecified atom stereocenters. The van der Waals surface area contributed by atoms with Crippen LogP contribution in [0.25, 0.3) is 0 Å². The van der Waals surface area contributed by atoms with Gasteiger partial charge in [-0.2, -0.15) is 4.31 Å². The van der Waals surface area contributed by atoms with E-state index in [2.05, 4.69) is 9.97 Å². The van der Waals surface area contributed by atoms with E-state index in [1.54, 1.807) is 4.31 Å². The van der Waals surface area contributed by atoms with Crippen molar-refractivity contribution in [3.8, 4) is 0 Å². The van der Waals surface area contributed by atoms with Crippen LogP contribution in [0.5, 0.6) is 0 Å². The summed E-state index contributed by atoms with van der Waals surface area (Å²) in [7, 11) is -3.51. The van der Waals surface area contributed by atoms with Crippen molar-refractivity contribution in [2.45, 2.75) is 37.3 Å². The molecule has 3 rings (SSSR count). The Bertz CT molecular complexity index is 710. The summed E-state index contributed by atoms with van der Waals surface area (Å²) in [5, 5.41) is 0.196. The number of hydrogen-bond donors (Lipinski definition) is 1. The van der Waals surface area contributed by atoms with Crippen LogP contribution in [0.15, 0.2) is 41.6 Å². The number of nitrogens with one attached hydrogen (secondary N) is 1. The number of benzene rings is 1. The van der Waals surface area contributed by atoms with E-state index in [1.165, 1.54) is 6.20 Å². The molecular formula is C15H19N3O2S. The maximum atomic E-state index is 12.8. The molecule has 6 heteroatoms. The van der Waals surface area contributed by atoms with E-state index >= 15 is 0 Å². The quantitative estimate of drug-likeness (QED) is 0.943. The fourth-order valence-corrected chi connectivity index (χ4v) is 4.43. The van der Waals surface area contributed by atoms with Crippen LogP contribution in [-0.2, 0) is 16.4 Å². The first-order valence-electron chi connectivity index (χ1n) is 7.23. The van der Waals surface area contributed by atoms with Crippen LogP contribution in [0.1, 0.15) is 37.2 Å². The highest BCUT2D eigenvalue weighted by molar-refractivity contribution is 7.89. The molecule has 1 N–H and O–H groups in total. The Morgan fingerprint density at radius 1 is 1.33 bits per heavy atom. The highest BCUT2D eigenvalue weighted by Gasteiger charge is 2.37. The summed E-state index contributed by atoms with van der Waals surface area (Å²) in [5.74, 6) is 0.698. The van der Waals surface area contributed by atoms with Crippen LogP contribution in [-0.4, -0.2) is 29.2 Å². The molecule has 1 aromatic heterocycles. The summed E-state index contributed by atoms with van der Waals surface area (Å²) in [5.41, 5.74) is 1.05. The van der Waals surface area contributed by atoms with Gasteiger partial charge in [0.05, 0.1) is 12.2 Å². The van der Waals surface area contributed by atoms with Crippen molar-refractivity contribution in [3.63, 3.8) is 0 Å². The van der Waals surface area contributed by atoms with Gasteiger partial charge in [-0.05, 0) is 18.4 Å². The van der Waals surface area contributed by atoms with E-state index in [1.807, 2.05) is 37.3 Å². The van der Waals surface area contributed by atoms with Crippen LogP contribution in [0.3, 0.4) is 0 Å². The van der Waals surface area contributed by atoms with E-state index in [9.17, 15) is 8.42 Å². The highest BCUT2D eigenvalue weighted by Crippen LogP contribution is 2.35. The van der Waals surface area contributed by atoms with Crippen molar-refractivity contribution in [1.82, 2.24) is 14.3 Å². The molecule has 2 heterocycles. The molecule has 0 spiro atoms. The van der Waals surface area contributed by atoms with Gasteiger partial charge in [0.2, 0.25) is 0 Å². The molecular weight excluding hydrogens is 286 g/mol. The van der Waals surface area contributed by atoms with Gasteiger partial charge in [-0.3, -0.25) is 0 Å². The van der Waals surface area contributed by atoms with Crippen LogP contribution >= 0.6 is 0 Å². The minimum atomic E-state index is -3.51. The summed E-state index contributed by atoms with van der Waals surface area (Å²) in [6, 6.07) is 9.74. The number of aromatic nitrogens is 2. The smallest absolute Gasteiger partial charge is 0.260 e. The lowest BCUT2D eigenvalue weighted by molar-refractivity contribution is 0.395. The van der Waals surface area contributed by atoms with E-state index < -0.39 is 10.0 Å². The van der Waals surface area contributed by atoms with E-state index in [-0.39, 0.29) is 11.1 Å². The molecule has 2 aromatic rings. The number of imidazole rings is 1. The Labute approximate surface area is 125 Å². The van der Waals surface area contributed by atoms with Gasteiger partial charge in [0.25, 0.3) is 10.0 Å². The van der Waals surface area contributed by atoms with Gasteiger partial charge in [0.1, 0.15) is 5.82 Å². The summed E-state index contributed by atoms with van der Waals surface area (Å²) >= 11 is 0. The number of aromatic amines is 1. The molecule has 0 bridgehead atoms. The fraction of sp³-hybridized carbons (Fsp3) is 0.400. The first kappa shape index (κ1) is 14.3. The van der Waals surface area contributed by atoms with Crippen LogP contribution < -0.4 is 0 Å². The molecule has 1 aliphatic heterocycles. The van der Waals surface area contributed by atoms with Gasteiger partial charge in [0.15, 0.2) is 5.03 Å². The van der Waals surface area contributed by atoms with Crippen molar-refractivity contribution in [2.24, 2.45) is 0 Å². The van der Waals surface area contributed by atoms with Gasteiger partial charge in [-0.25, -0.2) is 13.4 Å². The van der Waals surface area contributed by atoms with Crippen molar-refractivity contribution in [1.29, 1.82) is 0 Å². The monoisotopic (exact) mass is 305 g/mol. The minimum absolute atomic E-state index is 0.0791. The van der Waals surface area contributed by atoms with Gasteiger partial charge in [-0.1, -0.05) is 37.3 Å². The van der Waals surface area contributed by atoms with Crippen molar-refractivity contribution in [2.75, 3.05) is 6.54 Å². The topological polar surface area (TPSA) is 66.1 Å². The molecule has 21 heavy (non-hydrogen) atoms. The summed E-state index contributed by atoms with van der Waals surface area (Å²) in [6.07, 6.45) is 3.86. The lowest BCUT2D eigenvalue weighted by Crippen LogP contribution is -2.31. The number of H-pyrrole nitrogens is 1. The fourth-order valence-electron chi connectivity index (χ4n) is 2.82. The zero-order chi connectivity index (χ0) is 14.9. The normalized spacial score (nSPS) is 20.0. The first-order chi connectivity index (χ1) is 10.1. The van der Waals surface area contributed by atoms with Crippen molar-refractivity contribution < 1.29 is 8.42 Å². The second-order valence-electron chi connectivity index (χ2n) is 5.23. The molecule has 1 saturated heterocycles. The van der Waals surface area contributed by atoms with Gasteiger partial charge in [0, 0.05) is 13.0 Å². The summed E-state index contributed by atoms with van der Waals surface area (Å²) < 4.78 is 27.2. The van der Waals surface area contributed by atoms with Crippen molar-refractivity contribution in [3.05, 3.63) is 47.9 Å². The molecule has 1 atom stereocenters. The Hall–Kier alpha value is -1.66. The summed E-state index contributed by atoms with van der Waals surface area (Å²) in [4.78, 5) is 7.02. The molecule has 112 valence electrons. The number of nitrogens with zero attached hydrogens (tertiary/aromatic N) is 2. The van der Waals surface area contributed by atoms with Gasteiger partial charge >= 0.3 is 0 Å². The average molecular weight is 305 g/mol. The molecule has 1 fully saturated rings. The Kier molecular flexibility index (Phi) is 3.82. The Morgan fingerprint density at radius 2 is 2.10 bits per heavy atom. The predicted molar refractivity (Wildman–Crippen MR) is 80.3 cm³/mol. The predicted octanol–water partition coefficient (Wildman–Crippen LogP) is 2.50. The Morgan fingerprint density at radius 3 is 2.76 bits per heavy atom. The third kappa shape index (κ3) is 2.61. The molecule has 1 aromatic carbocycles. The lowest BCUT2D eigenvalue weighted by atomic mass is 10.1. The van der Waals surface area contributed by atoms with E-state index in [0.717, 1.165) is 18.4 Å². The second kappa shape index (κ2) is 5.61. The lowest BCUT2D eigenvalue weighted by Gasteiger charge is -2.23. The molecule has 0 amide bonds. The largest absolute Gasteiger partial charge is 0.332 e. The number of sulfonamides is 1. The molecule has 0 radical (unpaired) electrons. The zero-order valence-electron chi connectivity index (χ0n) is 12.0. The minimum Gasteiger partial charge on any atom is -0.332 e. The maximum Gasteiger partial charge on any atom is 0.260 e. The van der Waals surface area contributed by atoms with E-state index in [4.69, 9.17) is 0 Å². The number of rotatable bonds is 4. The average Bonchev–Trinajstić information content (AvgIpc) is 3.17. The third-order valence-electron chi connectivity index (χ3n) is 3.91. The second-order valence-corrected chi connectivity index (χ2v) is 7.09. The van der Waals surface area contributed by atoms with Crippen LogP contribution in [0, 0.1) is 0 Å². The van der Waals surface area contributed by atoms with Crippen molar-refractivity contribution >= 4 is 10.0 Å². The first-order valence-corrected chi connectivity index (χ1v) is 8.67. The SMILES string of the molecule is CCc1ncc(S(=O)(=O)N2CCCC2c2ccccc2)[nH]1. The molecule has 5 nitrogen and oxygen atoms in total. The number of hydrogen-bond acceptors (Lipinski definition) is 3. The van der Waals surface area contributed by atoms with Gasteiger partial charge in [-0.15, -0.1) is 0 Å². The zero-order valence-corrected chi connectivity index (χ0v) is 12.8. The number of aryl methyl sites for hydroxylation is 1. The Balaban J connectivity index is 1.94. The third-order valence-corrected chi connectivity index (χ3v) is 5.73. The molecule has 1 aliphatic rings. The molecule has 0 aliphatic carbocycles. The highest BCUT2D eigenvalue weighted by atomic mass is 32.2. The standard InChI is InChI=1S/C15H19N3O2S/c1-2-14-16-11-15(17-14)21(19,20)18-10-6-9-13(18)12-7-4-3-5-8-12/h3-5,7-8,11,13H,2,6,9-10H2,1H3,(H,16,17).